The normalized spacial score (nSPS) is 13.5. The van der Waals surface area contributed by atoms with Crippen LogP contribution in [0.15, 0.2) is 30.3 Å². The highest BCUT2D eigenvalue weighted by atomic mass is 32.1. The first-order chi connectivity index (χ1) is 9.60. The van der Waals surface area contributed by atoms with Crippen LogP contribution in [0.5, 0.6) is 0 Å². The number of amides is 1. The monoisotopic (exact) mass is 294 g/mol. The largest absolute Gasteiger partial charge is 0.392 e. The topological polar surface area (TPSA) is 64.3 Å². The maximum Gasteiger partial charge on any atom is 0.234 e. The van der Waals surface area contributed by atoms with Gasteiger partial charge in [0, 0.05) is 7.11 Å². The molecular formula is C15H22N2O2S. The second-order valence-electron chi connectivity index (χ2n) is 4.70. The first kappa shape index (κ1) is 16.6. The number of carbonyl (C=O) groups excluding carboxylic acids is 1. The molecule has 20 heavy (non-hydrogen) atoms. The van der Waals surface area contributed by atoms with E-state index in [-0.39, 0.29) is 16.9 Å². The van der Waals surface area contributed by atoms with E-state index in [4.69, 9.17) is 22.7 Å². The van der Waals surface area contributed by atoms with E-state index in [2.05, 4.69) is 12.2 Å². The van der Waals surface area contributed by atoms with Crippen LogP contribution in [0.2, 0.25) is 0 Å². The third-order valence-electron chi connectivity index (χ3n) is 3.03. The Bertz CT molecular complexity index is 431. The van der Waals surface area contributed by atoms with E-state index in [9.17, 15) is 4.79 Å². The number of methoxy groups -OCH3 is 1. The van der Waals surface area contributed by atoms with Gasteiger partial charge in [0.1, 0.15) is 5.92 Å². The van der Waals surface area contributed by atoms with Gasteiger partial charge in [-0.15, -0.1) is 0 Å². The fraction of sp³-hybridized carbons (Fsp3) is 0.467. The Balaban J connectivity index is 2.82. The van der Waals surface area contributed by atoms with Crippen LogP contribution in [-0.2, 0) is 9.53 Å². The zero-order valence-corrected chi connectivity index (χ0v) is 12.8. The summed E-state index contributed by atoms with van der Waals surface area (Å²) in [5.74, 6) is -0.762. The van der Waals surface area contributed by atoms with Gasteiger partial charge in [-0.3, -0.25) is 4.79 Å². The van der Waals surface area contributed by atoms with E-state index < -0.39 is 5.92 Å². The molecule has 5 heteroatoms. The highest BCUT2D eigenvalue weighted by Gasteiger charge is 2.25. The van der Waals surface area contributed by atoms with E-state index in [1.165, 1.54) is 0 Å². The van der Waals surface area contributed by atoms with Gasteiger partial charge in [-0.2, -0.15) is 0 Å². The van der Waals surface area contributed by atoms with Crippen LogP contribution < -0.4 is 11.1 Å². The lowest BCUT2D eigenvalue weighted by atomic mass is 9.97. The molecule has 0 bridgehead atoms. The Morgan fingerprint density at radius 2 is 2.05 bits per heavy atom. The molecule has 0 spiro atoms. The standard InChI is InChI=1S/C15H22N2O2S/c1-3-7-12(10-19-2)17-15(18)13(14(16)20)11-8-5-4-6-9-11/h4-6,8-9,12-13H,3,7,10H2,1-2H3,(H2,16,20)(H,17,18). The molecule has 0 radical (unpaired) electrons. The number of hydrogen-bond acceptors (Lipinski definition) is 3. The van der Waals surface area contributed by atoms with E-state index in [1.807, 2.05) is 30.3 Å². The van der Waals surface area contributed by atoms with Gasteiger partial charge in [-0.1, -0.05) is 55.9 Å². The van der Waals surface area contributed by atoms with Crippen LogP contribution in [0, 0.1) is 0 Å². The van der Waals surface area contributed by atoms with Crippen molar-refractivity contribution in [1.29, 1.82) is 0 Å². The van der Waals surface area contributed by atoms with Gasteiger partial charge >= 0.3 is 0 Å². The number of nitrogens with one attached hydrogen (secondary N) is 1. The quantitative estimate of drug-likeness (QED) is 0.720. The number of hydrogen-bond donors (Lipinski definition) is 2. The van der Waals surface area contributed by atoms with Crippen molar-refractivity contribution in [2.24, 2.45) is 5.73 Å². The molecule has 4 nitrogen and oxygen atoms in total. The van der Waals surface area contributed by atoms with Crippen molar-refractivity contribution >= 4 is 23.1 Å². The molecule has 0 heterocycles. The van der Waals surface area contributed by atoms with Crippen molar-refractivity contribution in [3.63, 3.8) is 0 Å². The molecule has 0 saturated heterocycles. The summed E-state index contributed by atoms with van der Waals surface area (Å²) in [7, 11) is 1.62. The third kappa shape index (κ3) is 4.90. The van der Waals surface area contributed by atoms with Crippen LogP contribution in [0.3, 0.4) is 0 Å². The second-order valence-corrected chi connectivity index (χ2v) is 5.17. The van der Waals surface area contributed by atoms with Gasteiger partial charge < -0.3 is 15.8 Å². The number of nitrogens with two attached hydrogens (primary N) is 1. The van der Waals surface area contributed by atoms with Gasteiger partial charge in [0.15, 0.2) is 0 Å². The summed E-state index contributed by atoms with van der Waals surface area (Å²) in [5, 5.41) is 2.97. The van der Waals surface area contributed by atoms with Crippen molar-refractivity contribution < 1.29 is 9.53 Å². The summed E-state index contributed by atoms with van der Waals surface area (Å²) in [4.78, 5) is 12.6. The second kappa shape index (κ2) is 8.66. The molecule has 2 atom stereocenters. The highest BCUT2D eigenvalue weighted by molar-refractivity contribution is 7.80. The SMILES string of the molecule is CCCC(COC)NC(=O)C(C(N)=S)c1ccccc1. The van der Waals surface area contributed by atoms with E-state index in [0.29, 0.717) is 6.61 Å². The van der Waals surface area contributed by atoms with Crippen molar-refractivity contribution in [1.82, 2.24) is 5.32 Å². The minimum atomic E-state index is -0.595. The molecule has 0 saturated carbocycles. The molecule has 0 aliphatic heterocycles. The van der Waals surface area contributed by atoms with Crippen molar-refractivity contribution in [2.45, 2.75) is 31.7 Å². The Morgan fingerprint density at radius 1 is 1.40 bits per heavy atom. The van der Waals surface area contributed by atoms with Gasteiger partial charge in [-0.05, 0) is 12.0 Å². The van der Waals surface area contributed by atoms with Gasteiger partial charge in [0.25, 0.3) is 0 Å². The Morgan fingerprint density at radius 3 is 2.55 bits per heavy atom. The van der Waals surface area contributed by atoms with Crippen molar-refractivity contribution in [3.8, 4) is 0 Å². The number of thiocarbonyl (C=S) groups is 1. The molecule has 3 N–H and O–H groups in total. The fourth-order valence-electron chi connectivity index (χ4n) is 2.12. The smallest absolute Gasteiger partial charge is 0.234 e. The van der Waals surface area contributed by atoms with Crippen LogP contribution in [0.4, 0.5) is 0 Å². The highest BCUT2D eigenvalue weighted by Crippen LogP contribution is 2.16. The summed E-state index contributed by atoms with van der Waals surface area (Å²) in [6.45, 7) is 2.55. The zero-order chi connectivity index (χ0) is 15.0. The number of benzene rings is 1. The predicted octanol–water partition coefficient (Wildman–Crippen LogP) is 1.99. The predicted molar refractivity (Wildman–Crippen MR) is 84.7 cm³/mol. The molecule has 0 fully saturated rings. The number of rotatable bonds is 8. The minimum Gasteiger partial charge on any atom is -0.392 e. The summed E-state index contributed by atoms with van der Waals surface area (Å²) >= 11 is 5.04. The first-order valence-electron chi connectivity index (χ1n) is 6.73. The van der Waals surface area contributed by atoms with Gasteiger partial charge in [0.2, 0.25) is 5.91 Å². The van der Waals surface area contributed by atoms with Crippen LogP contribution in [-0.4, -0.2) is 30.7 Å². The van der Waals surface area contributed by atoms with Crippen LogP contribution in [0.1, 0.15) is 31.2 Å². The minimum absolute atomic E-state index is 0.0157. The third-order valence-corrected chi connectivity index (χ3v) is 3.27. The average molecular weight is 294 g/mol. The summed E-state index contributed by atoms with van der Waals surface area (Å²) < 4.78 is 5.12. The lowest BCUT2D eigenvalue weighted by molar-refractivity contribution is -0.122. The van der Waals surface area contributed by atoms with Crippen LogP contribution in [0.25, 0.3) is 0 Å². The van der Waals surface area contributed by atoms with Crippen molar-refractivity contribution in [2.75, 3.05) is 13.7 Å². The van der Waals surface area contributed by atoms with Gasteiger partial charge in [0.05, 0.1) is 17.6 Å². The maximum absolute atomic E-state index is 12.4. The first-order valence-corrected chi connectivity index (χ1v) is 7.14. The lowest BCUT2D eigenvalue weighted by Gasteiger charge is -2.21. The molecular weight excluding hydrogens is 272 g/mol. The Kier molecular flexibility index (Phi) is 7.18. The van der Waals surface area contributed by atoms with Crippen LogP contribution >= 0.6 is 12.2 Å². The summed E-state index contributed by atoms with van der Waals surface area (Å²) in [6.07, 6.45) is 1.83. The average Bonchev–Trinajstić information content (AvgIpc) is 2.40. The number of carbonyl (C=O) groups is 1. The van der Waals surface area contributed by atoms with Crippen molar-refractivity contribution in [3.05, 3.63) is 35.9 Å². The molecule has 0 aromatic heterocycles. The van der Waals surface area contributed by atoms with E-state index in [0.717, 1.165) is 18.4 Å². The Labute approximate surface area is 125 Å². The van der Waals surface area contributed by atoms with E-state index >= 15 is 0 Å². The summed E-state index contributed by atoms with van der Waals surface area (Å²) in [5.41, 5.74) is 6.54. The molecule has 0 aliphatic carbocycles. The zero-order valence-electron chi connectivity index (χ0n) is 12.0. The number of ether oxygens (including phenoxy) is 1. The Hall–Kier alpha value is -1.46. The molecule has 2 unspecified atom stereocenters. The lowest BCUT2D eigenvalue weighted by Crippen LogP contribution is -2.43. The fourth-order valence-corrected chi connectivity index (χ4v) is 2.36. The molecule has 1 aromatic carbocycles. The van der Waals surface area contributed by atoms with Gasteiger partial charge in [-0.25, -0.2) is 0 Å². The maximum atomic E-state index is 12.4. The molecule has 0 aliphatic rings. The molecule has 1 rings (SSSR count). The molecule has 1 amide bonds. The van der Waals surface area contributed by atoms with E-state index in [1.54, 1.807) is 7.11 Å². The molecule has 110 valence electrons. The summed E-state index contributed by atoms with van der Waals surface area (Å²) in [6, 6.07) is 9.32. The molecule has 1 aromatic rings.